The average Bonchev–Trinajstić information content (AvgIpc) is 3.33. The molecule has 1 N–H and O–H groups in total. The molecular weight excluding hydrogens is 451 g/mol. The minimum absolute atomic E-state index is 0.0744. The van der Waals surface area contributed by atoms with E-state index in [1.165, 1.54) is 76.2 Å². The highest BCUT2D eigenvalue weighted by Crippen LogP contribution is 2.54. The highest BCUT2D eigenvalue weighted by Gasteiger charge is 2.59. The lowest BCUT2D eigenvalue weighted by Crippen LogP contribution is -2.51. The van der Waals surface area contributed by atoms with Gasteiger partial charge in [-0.15, -0.1) is 11.8 Å². The second-order valence-corrected chi connectivity index (χ2v) is 9.05. The Bertz CT molecular complexity index is 1250. The maximum absolute atomic E-state index is 14.3. The van der Waals surface area contributed by atoms with Crippen LogP contribution in [0.1, 0.15) is 11.1 Å². The van der Waals surface area contributed by atoms with Crippen LogP contribution >= 0.6 is 11.8 Å². The van der Waals surface area contributed by atoms with Gasteiger partial charge in [0.05, 0.1) is 12.2 Å². The molecule has 33 heavy (non-hydrogen) atoms. The molecule has 0 bridgehead atoms. The summed E-state index contributed by atoms with van der Waals surface area (Å²) in [6, 6.07) is 14.7. The van der Waals surface area contributed by atoms with Crippen molar-refractivity contribution in [2.45, 2.75) is 11.4 Å². The fourth-order valence-electron chi connectivity index (χ4n) is 4.29. The average molecular weight is 469 g/mol. The number of hydrogen-bond donors (Lipinski definition) is 1. The normalized spacial score (nSPS) is 19.3. The van der Waals surface area contributed by atoms with Gasteiger partial charge in [0.1, 0.15) is 17.5 Å². The molecule has 0 radical (unpaired) electrons. The molecule has 3 amide bonds. The van der Waals surface area contributed by atoms with E-state index in [0.717, 1.165) is 0 Å². The van der Waals surface area contributed by atoms with Gasteiger partial charge in [0.25, 0.3) is 5.91 Å². The van der Waals surface area contributed by atoms with Crippen molar-refractivity contribution in [3.8, 4) is 0 Å². The number of nitrogens with one attached hydrogen (secondary N) is 1. The molecular formula is C24H18F3N3O2S. The largest absolute Gasteiger partial charge is 0.323 e. The number of anilines is 2. The summed E-state index contributed by atoms with van der Waals surface area (Å²) in [5.74, 6) is -1.33. The Morgan fingerprint density at radius 1 is 0.970 bits per heavy atom. The van der Waals surface area contributed by atoms with Gasteiger partial charge in [-0.2, -0.15) is 0 Å². The minimum Gasteiger partial charge on any atom is -0.308 e. The number of urea groups is 1. The standard InChI is InChI=1S/C24H18F3N3O2S/c25-16-4-7-19(8-5-16)28-23(32)30-10-11-33-24(30)20-13-18(27)6-9-21(20)29(22(24)31)14-15-2-1-3-17(26)12-15/h1-9,12-13H,10-11,14H2,(H,28,32)/t24-/m1/s1. The third-order valence-corrected chi connectivity index (χ3v) is 7.15. The van der Waals surface area contributed by atoms with Gasteiger partial charge < -0.3 is 10.2 Å². The number of thioether (sulfide) groups is 1. The quantitative estimate of drug-likeness (QED) is 0.582. The van der Waals surface area contributed by atoms with E-state index in [0.29, 0.717) is 28.3 Å². The zero-order chi connectivity index (χ0) is 23.2. The van der Waals surface area contributed by atoms with Gasteiger partial charge in [0.15, 0.2) is 4.87 Å². The number of carbonyl (C=O) groups excluding carboxylic acids is 2. The van der Waals surface area contributed by atoms with Crippen molar-refractivity contribution in [1.82, 2.24) is 4.90 Å². The van der Waals surface area contributed by atoms with E-state index in [4.69, 9.17) is 0 Å². The molecule has 5 rings (SSSR count). The van der Waals surface area contributed by atoms with Crippen LogP contribution in [0.2, 0.25) is 0 Å². The molecule has 168 valence electrons. The minimum atomic E-state index is -1.45. The molecule has 1 fully saturated rings. The van der Waals surface area contributed by atoms with Crippen molar-refractivity contribution < 1.29 is 22.8 Å². The first-order valence-corrected chi connectivity index (χ1v) is 11.2. The Hall–Kier alpha value is -3.46. The van der Waals surface area contributed by atoms with Crippen molar-refractivity contribution in [3.63, 3.8) is 0 Å². The maximum Gasteiger partial charge on any atom is 0.323 e. The van der Waals surface area contributed by atoms with Crippen molar-refractivity contribution >= 4 is 35.1 Å². The highest BCUT2D eigenvalue weighted by molar-refractivity contribution is 8.01. The molecule has 2 aliphatic heterocycles. The summed E-state index contributed by atoms with van der Waals surface area (Å²) in [5.41, 5.74) is 1.79. The lowest BCUT2D eigenvalue weighted by atomic mass is 10.1. The van der Waals surface area contributed by atoms with E-state index in [1.54, 1.807) is 12.1 Å². The van der Waals surface area contributed by atoms with E-state index in [1.807, 2.05) is 0 Å². The van der Waals surface area contributed by atoms with E-state index in [-0.39, 0.29) is 13.1 Å². The summed E-state index contributed by atoms with van der Waals surface area (Å²) in [7, 11) is 0. The number of halogens is 3. The topological polar surface area (TPSA) is 52.7 Å². The Balaban J connectivity index is 1.53. The molecule has 3 aromatic carbocycles. The number of nitrogens with zero attached hydrogens (tertiary/aromatic N) is 2. The van der Waals surface area contributed by atoms with Gasteiger partial charge in [0.2, 0.25) is 0 Å². The number of amides is 3. The first kappa shape index (κ1) is 21.4. The number of hydrogen-bond acceptors (Lipinski definition) is 3. The van der Waals surface area contributed by atoms with Crippen LogP contribution in [0.5, 0.6) is 0 Å². The van der Waals surface area contributed by atoms with Gasteiger partial charge in [0, 0.05) is 23.5 Å². The third-order valence-electron chi connectivity index (χ3n) is 5.73. The smallest absolute Gasteiger partial charge is 0.308 e. The maximum atomic E-state index is 14.3. The molecule has 2 heterocycles. The fraction of sp³-hybridized carbons (Fsp3) is 0.167. The molecule has 9 heteroatoms. The number of benzene rings is 3. The Labute approximate surface area is 192 Å². The Kier molecular flexibility index (Phi) is 5.28. The molecule has 0 saturated carbocycles. The molecule has 1 spiro atoms. The van der Waals surface area contributed by atoms with Crippen LogP contribution in [-0.4, -0.2) is 29.1 Å². The summed E-state index contributed by atoms with van der Waals surface area (Å²) >= 11 is 1.25. The first-order chi connectivity index (χ1) is 15.9. The predicted octanol–water partition coefficient (Wildman–Crippen LogP) is 5.08. The van der Waals surface area contributed by atoms with Gasteiger partial charge in [-0.05, 0) is 60.2 Å². The van der Waals surface area contributed by atoms with Crippen LogP contribution in [0.4, 0.5) is 29.3 Å². The molecule has 5 nitrogen and oxygen atoms in total. The Morgan fingerprint density at radius 2 is 1.70 bits per heavy atom. The van der Waals surface area contributed by atoms with Gasteiger partial charge in [-0.1, -0.05) is 12.1 Å². The number of fused-ring (bicyclic) bond motifs is 2. The van der Waals surface area contributed by atoms with Crippen LogP contribution in [0.25, 0.3) is 0 Å². The monoisotopic (exact) mass is 469 g/mol. The molecule has 3 aromatic rings. The molecule has 1 atom stereocenters. The third kappa shape index (κ3) is 3.62. The summed E-state index contributed by atoms with van der Waals surface area (Å²) in [6.07, 6.45) is 0. The van der Waals surface area contributed by atoms with E-state index >= 15 is 0 Å². The molecule has 2 aliphatic rings. The van der Waals surface area contributed by atoms with Crippen LogP contribution in [0.3, 0.4) is 0 Å². The van der Waals surface area contributed by atoms with Crippen LogP contribution in [-0.2, 0) is 16.2 Å². The van der Waals surface area contributed by atoms with Crippen molar-refractivity contribution in [2.24, 2.45) is 0 Å². The lowest BCUT2D eigenvalue weighted by molar-refractivity contribution is -0.123. The summed E-state index contributed by atoms with van der Waals surface area (Å²) < 4.78 is 41.3. The molecule has 0 unspecified atom stereocenters. The fourth-order valence-corrected chi connectivity index (χ4v) is 5.74. The summed E-state index contributed by atoms with van der Waals surface area (Å²) in [5, 5.41) is 2.69. The van der Waals surface area contributed by atoms with Crippen LogP contribution < -0.4 is 10.2 Å². The zero-order valence-corrected chi connectivity index (χ0v) is 18.0. The van der Waals surface area contributed by atoms with E-state index in [2.05, 4.69) is 5.32 Å². The van der Waals surface area contributed by atoms with E-state index < -0.39 is 34.3 Å². The molecule has 0 aliphatic carbocycles. The second-order valence-electron chi connectivity index (χ2n) is 7.76. The first-order valence-electron chi connectivity index (χ1n) is 10.2. The van der Waals surface area contributed by atoms with Gasteiger partial charge in [-0.25, -0.2) is 18.0 Å². The zero-order valence-electron chi connectivity index (χ0n) is 17.2. The lowest BCUT2D eigenvalue weighted by Gasteiger charge is -2.33. The number of rotatable bonds is 3. The molecule has 0 aromatic heterocycles. The van der Waals surface area contributed by atoms with Crippen molar-refractivity contribution in [1.29, 1.82) is 0 Å². The van der Waals surface area contributed by atoms with Crippen LogP contribution in [0, 0.1) is 17.5 Å². The SMILES string of the molecule is O=C(Nc1ccc(F)cc1)N1CCS[C@]12C(=O)N(Cc1cccc(F)c1)c1ccc(F)cc12. The Morgan fingerprint density at radius 3 is 2.45 bits per heavy atom. The highest BCUT2D eigenvalue weighted by atomic mass is 32.2. The second kappa shape index (κ2) is 8.15. The van der Waals surface area contributed by atoms with Gasteiger partial charge >= 0.3 is 6.03 Å². The summed E-state index contributed by atoms with van der Waals surface area (Å²) in [4.78, 5) is 28.4. The van der Waals surface area contributed by atoms with Crippen molar-refractivity contribution in [2.75, 3.05) is 22.5 Å². The molecule has 1 saturated heterocycles. The van der Waals surface area contributed by atoms with Crippen LogP contribution in [0.15, 0.2) is 66.7 Å². The van der Waals surface area contributed by atoms with E-state index in [9.17, 15) is 22.8 Å². The van der Waals surface area contributed by atoms with Gasteiger partial charge in [-0.3, -0.25) is 9.69 Å². The number of carbonyl (C=O) groups is 2. The summed E-state index contributed by atoms with van der Waals surface area (Å²) in [6.45, 7) is 0.331. The van der Waals surface area contributed by atoms with Crippen molar-refractivity contribution in [3.05, 3.63) is 95.3 Å². The predicted molar refractivity (Wildman–Crippen MR) is 120 cm³/mol.